The monoisotopic (exact) mass is 394 g/mol. The smallest absolute Gasteiger partial charge is 0.191 e. The maximum atomic E-state index is 14.3. The van der Waals surface area contributed by atoms with Gasteiger partial charge in [0.05, 0.1) is 13.3 Å². The van der Waals surface area contributed by atoms with Gasteiger partial charge in [0, 0.05) is 26.3 Å². The Morgan fingerprint density at radius 2 is 1.72 bits per heavy atom. The fourth-order valence-corrected chi connectivity index (χ4v) is 2.61. The second-order valence-electron chi connectivity index (χ2n) is 6.18. The molecule has 1 heterocycles. The minimum atomic E-state index is -0.436. The summed E-state index contributed by atoms with van der Waals surface area (Å²) in [5.74, 6) is 1.64. The van der Waals surface area contributed by atoms with Crippen LogP contribution in [0.3, 0.4) is 0 Å². The molecule has 0 aliphatic rings. The summed E-state index contributed by atoms with van der Waals surface area (Å²) in [4.78, 5) is 8.14. The van der Waals surface area contributed by atoms with Crippen molar-refractivity contribution in [1.29, 1.82) is 0 Å². The molecule has 0 unspecified atom stereocenters. The maximum absolute atomic E-state index is 14.3. The van der Waals surface area contributed by atoms with E-state index in [0.717, 1.165) is 16.9 Å². The number of nitrogens with one attached hydrogen (secondary N) is 2. The highest BCUT2D eigenvalue weighted by molar-refractivity contribution is 5.79. The van der Waals surface area contributed by atoms with Crippen molar-refractivity contribution >= 4 is 5.96 Å². The van der Waals surface area contributed by atoms with Gasteiger partial charge in [0.1, 0.15) is 11.5 Å². The Kier molecular flexibility index (Phi) is 7.00. The number of rotatable bonds is 7. The van der Waals surface area contributed by atoms with Gasteiger partial charge in [-0.05, 0) is 47.5 Å². The first-order valence-corrected chi connectivity index (χ1v) is 9.11. The lowest BCUT2D eigenvalue weighted by molar-refractivity contribution is 0.414. The number of hydrogen-bond donors (Lipinski definition) is 2. The predicted molar refractivity (Wildman–Crippen MR) is 111 cm³/mol. The molecule has 6 nitrogen and oxygen atoms in total. The molecule has 29 heavy (non-hydrogen) atoms. The molecule has 3 aromatic rings. The van der Waals surface area contributed by atoms with Crippen molar-refractivity contribution in [2.75, 3.05) is 14.2 Å². The molecule has 0 spiro atoms. The molecule has 2 aromatic carbocycles. The molecule has 0 atom stereocenters. The number of nitrogens with zero attached hydrogens (tertiary/aromatic N) is 2. The maximum Gasteiger partial charge on any atom is 0.191 e. The van der Waals surface area contributed by atoms with Gasteiger partial charge in [0.2, 0.25) is 0 Å². The first-order chi connectivity index (χ1) is 14.2. The van der Waals surface area contributed by atoms with E-state index in [1.54, 1.807) is 44.6 Å². The van der Waals surface area contributed by atoms with Crippen LogP contribution < -0.4 is 20.1 Å². The van der Waals surface area contributed by atoms with Crippen LogP contribution in [0.5, 0.6) is 17.2 Å². The van der Waals surface area contributed by atoms with Crippen LogP contribution in [0.1, 0.15) is 11.1 Å². The molecule has 3 rings (SSSR count). The van der Waals surface area contributed by atoms with E-state index in [1.165, 1.54) is 12.3 Å². The van der Waals surface area contributed by atoms with E-state index in [1.807, 2.05) is 24.3 Å². The minimum absolute atomic E-state index is 0.156. The lowest BCUT2D eigenvalue weighted by atomic mass is 10.2. The first-order valence-electron chi connectivity index (χ1n) is 9.11. The number of halogens is 1. The highest BCUT2D eigenvalue weighted by atomic mass is 19.1. The van der Waals surface area contributed by atoms with Crippen LogP contribution in [0, 0.1) is 5.82 Å². The molecule has 2 N–H and O–H groups in total. The number of ether oxygens (including phenoxy) is 2. The molecule has 0 radical (unpaired) electrons. The SMILES string of the molecule is CN=C(NCc1ccc(OC)cc1)NCc1ccc(Oc2cccnc2)c(F)c1. The molecule has 0 amide bonds. The number of aliphatic imine (C=N–C) groups is 1. The second kappa shape index (κ2) is 10.1. The second-order valence-corrected chi connectivity index (χ2v) is 6.18. The Morgan fingerprint density at radius 1 is 1.00 bits per heavy atom. The molecule has 0 aliphatic carbocycles. The molecule has 150 valence electrons. The highest BCUT2D eigenvalue weighted by Gasteiger charge is 2.07. The zero-order valence-corrected chi connectivity index (χ0v) is 16.4. The van der Waals surface area contributed by atoms with Gasteiger partial charge in [-0.3, -0.25) is 9.98 Å². The summed E-state index contributed by atoms with van der Waals surface area (Å²) in [6, 6.07) is 16.1. The molecular formula is C22H23FN4O2. The van der Waals surface area contributed by atoms with Crippen molar-refractivity contribution in [3.8, 4) is 17.2 Å². The van der Waals surface area contributed by atoms with E-state index >= 15 is 0 Å². The fraction of sp³-hybridized carbons (Fsp3) is 0.182. The van der Waals surface area contributed by atoms with Crippen LogP contribution in [0.2, 0.25) is 0 Å². The Balaban J connectivity index is 1.53. The molecular weight excluding hydrogens is 371 g/mol. The molecule has 0 fully saturated rings. The average Bonchev–Trinajstić information content (AvgIpc) is 2.77. The number of guanidine groups is 1. The predicted octanol–water partition coefficient (Wildman–Crippen LogP) is 3.89. The molecule has 0 bridgehead atoms. The normalized spacial score (nSPS) is 11.1. The minimum Gasteiger partial charge on any atom is -0.497 e. The Hall–Kier alpha value is -3.61. The average molecular weight is 394 g/mol. The van der Waals surface area contributed by atoms with Crippen LogP contribution >= 0.6 is 0 Å². The largest absolute Gasteiger partial charge is 0.497 e. The number of benzene rings is 2. The molecule has 1 aromatic heterocycles. The van der Waals surface area contributed by atoms with Gasteiger partial charge in [-0.25, -0.2) is 4.39 Å². The van der Waals surface area contributed by atoms with E-state index in [0.29, 0.717) is 24.8 Å². The van der Waals surface area contributed by atoms with Crippen LogP contribution in [0.15, 0.2) is 72.0 Å². The van der Waals surface area contributed by atoms with Gasteiger partial charge in [0.15, 0.2) is 17.5 Å². The third-order valence-electron chi connectivity index (χ3n) is 4.16. The summed E-state index contributed by atoms with van der Waals surface area (Å²) < 4.78 is 25.0. The summed E-state index contributed by atoms with van der Waals surface area (Å²) in [5, 5.41) is 6.40. The van der Waals surface area contributed by atoms with Gasteiger partial charge in [-0.1, -0.05) is 18.2 Å². The number of methoxy groups -OCH3 is 1. The van der Waals surface area contributed by atoms with E-state index < -0.39 is 5.82 Å². The summed E-state index contributed by atoms with van der Waals surface area (Å²) in [7, 11) is 3.33. The summed E-state index contributed by atoms with van der Waals surface area (Å²) in [6.07, 6.45) is 3.17. The Morgan fingerprint density at radius 3 is 2.34 bits per heavy atom. The molecule has 7 heteroatoms. The lowest BCUT2D eigenvalue weighted by Gasteiger charge is -2.13. The lowest BCUT2D eigenvalue weighted by Crippen LogP contribution is -2.36. The Bertz CT molecular complexity index is 947. The number of hydrogen-bond acceptors (Lipinski definition) is 4. The van der Waals surface area contributed by atoms with E-state index in [-0.39, 0.29) is 5.75 Å². The van der Waals surface area contributed by atoms with Crippen LogP contribution in [-0.4, -0.2) is 25.1 Å². The number of aromatic nitrogens is 1. The molecule has 0 saturated carbocycles. The van der Waals surface area contributed by atoms with E-state index in [9.17, 15) is 4.39 Å². The third kappa shape index (κ3) is 5.93. The van der Waals surface area contributed by atoms with Crippen LogP contribution in [0.4, 0.5) is 4.39 Å². The zero-order chi connectivity index (χ0) is 20.5. The quantitative estimate of drug-likeness (QED) is 0.470. The van der Waals surface area contributed by atoms with Gasteiger partial charge in [-0.2, -0.15) is 0 Å². The summed E-state index contributed by atoms with van der Waals surface area (Å²) in [5.41, 5.74) is 1.87. The number of pyridine rings is 1. The van der Waals surface area contributed by atoms with Crippen molar-refractivity contribution in [3.05, 3.63) is 83.9 Å². The van der Waals surface area contributed by atoms with Crippen molar-refractivity contribution in [1.82, 2.24) is 15.6 Å². The standard InChI is InChI=1S/C22H23FN4O2/c1-24-22(26-13-16-5-8-18(28-2)9-6-16)27-14-17-7-10-21(20(23)12-17)29-19-4-3-11-25-15-19/h3-12,15H,13-14H2,1-2H3,(H2,24,26,27). The topological polar surface area (TPSA) is 67.8 Å². The van der Waals surface area contributed by atoms with Crippen LogP contribution in [-0.2, 0) is 13.1 Å². The summed E-state index contributed by atoms with van der Waals surface area (Å²) in [6.45, 7) is 1.03. The van der Waals surface area contributed by atoms with Crippen molar-refractivity contribution in [2.24, 2.45) is 4.99 Å². The van der Waals surface area contributed by atoms with Crippen molar-refractivity contribution in [3.63, 3.8) is 0 Å². The van der Waals surface area contributed by atoms with Crippen molar-refractivity contribution in [2.45, 2.75) is 13.1 Å². The summed E-state index contributed by atoms with van der Waals surface area (Å²) >= 11 is 0. The molecule has 0 aliphatic heterocycles. The third-order valence-corrected chi connectivity index (χ3v) is 4.16. The van der Waals surface area contributed by atoms with E-state index in [4.69, 9.17) is 9.47 Å². The van der Waals surface area contributed by atoms with Crippen molar-refractivity contribution < 1.29 is 13.9 Å². The Labute approximate surface area is 169 Å². The van der Waals surface area contributed by atoms with E-state index in [2.05, 4.69) is 20.6 Å². The van der Waals surface area contributed by atoms with Gasteiger partial charge < -0.3 is 20.1 Å². The fourth-order valence-electron chi connectivity index (χ4n) is 2.61. The first kappa shape index (κ1) is 20.1. The zero-order valence-electron chi connectivity index (χ0n) is 16.4. The van der Waals surface area contributed by atoms with Gasteiger partial charge in [0.25, 0.3) is 0 Å². The van der Waals surface area contributed by atoms with Crippen LogP contribution in [0.25, 0.3) is 0 Å². The van der Waals surface area contributed by atoms with Gasteiger partial charge in [-0.15, -0.1) is 0 Å². The highest BCUT2D eigenvalue weighted by Crippen LogP contribution is 2.24. The molecule has 0 saturated heterocycles. The van der Waals surface area contributed by atoms with Gasteiger partial charge >= 0.3 is 0 Å².